The van der Waals surface area contributed by atoms with Gasteiger partial charge in [0.25, 0.3) is 0 Å². The Balaban J connectivity index is 1.27. The van der Waals surface area contributed by atoms with E-state index in [0.29, 0.717) is 23.8 Å². The van der Waals surface area contributed by atoms with Gasteiger partial charge in [0.05, 0.1) is 13.7 Å². The summed E-state index contributed by atoms with van der Waals surface area (Å²) in [5.41, 5.74) is 6.46. The quantitative estimate of drug-likeness (QED) is 0.328. The van der Waals surface area contributed by atoms with E-state index in [4.69, 9.17) is 9.15 Å². The number of rotatable bonds is 7. The largest absolute Gasteiger partial charge is 0.497 e. The number of ketones is 2. The van der Waals surface area contributed by atoms with E-state index in [-0.39, 0.29) is 18.0 Å². The molecule has 0 bridgehead atoms. The van der Waals surface area contributed by atoms with Crippen LogP contribution >= 0.6 is 0 Å². The Bertz CT molecular complexity index is 1410. The van der Waals surface area contributed by atoms with Crippen LogP contribution in [0.1, 0.15) is 34.2 Å². The highest BCUT2D eigenvalue weighted by Crippen LogP contribution is 2.28. The number of nitrogens with zero attached hydrogens (tertiary/aromatic N) is 1. The molecule has 5 rings (SSSR count). The van der Waals surface area contributed by atoms with Gasteiger partial charge in [-0.3, -0.25) is 14.6 Å². The van der Waals surface area contributed by atoms with Crippen molar-refractivity contribution in [2.75, 3.05) is 7.11 Å². The van der Waals surface area contributed by atoms with Gasteiger partial charge >= 0.3 is 0 Å². The zero-order valence-electron chi connectivity index (χ0n) is 19.0. The van der Waals surface area contributed by atoms with Crippen molar-refractivity contribution in [2.45, 2.75) is 19.9 Å². The summed E-state index contributed by atoms with van der Waals surface area (Å²) >= 11 is 0. The smallest absolute Gasteiger partial charge is 0.202 e. The summed E-state index contributed by atoms with van der Waals surface area (Å²) in [6.45, 7) is 2.08. The number of hydrogen-bond donors (Lipinski definition) is 0. The first kappa shape index (κ1) is 21.6. The van der Waals surface area contributed by atoms with Gasteiger partial charge in [-0.05, 0) is 64.7 Å². The lowest BCUT2D eigenvalue weighted by molar-refractivity contribution is -0.111. The predicted octanol–water partition coefficient (Wildman–Crippen LogP) is 5.94. The van der Waals surface area contributed by atoms with Crippen LogP contribution in [0, 0.1) is 0 Å². The molecule has 0 atom stereocenters. The second-order valence-electron chi connectivity index (χ2n) is 8.28. The maximum Gasteiger partial charge on any atom is 0.202 e. The minimum absolute atomic E-state index is 0.00630. The lowest BCUT2D eigenvalue weighted by atomic mass is 9.96. The Labute approximate surface area is 197 Å². The van der Waals surface area contributed by atoms with Gasteiger partial charge in [-0.2, -0.15) is 0 Å². The highest BCUT2D eigenvalue weighted by Gasteiger charge is 2.19. The van der Waals surface area contributed by atoms with Crippen molar-refractivity contribution >= 4 is 17.3 Å². The fraction of sp³-hybridized carbons (Fsp3) is 0.138. The van der Waals surface area contributed by atoms with Crippen LogP contribution in [-0.4, -0.2) is 24.4 Å². The van der Waals surface area contributed by atoms with Crippen LogP contribution in [0.2, 0.25) is 0 Å². The molecule has 0 saturated carbocycles. The Kier molecular flexibility index (Phi) is 5.68. The Morgan fingerprint density at radius 1 is 0.882 bits per heavy atom. The Morgan fingerprint density at radius 3 is 2.29 bits per heavy atom. The first-order chi connectivity index (χ1) is 16.5. The molecule has 1 aliphatic rings. The second-order valence-corrected chi connectivity index (χ2v) is 8.28. The Morgan fingerprint density at radius 2 is 1.59 bits per heavy atom. The molecule has 0 N–H and O–H groups in total. The summed E-state index contributed by atoms with van der Waals surface area (Å²) in [6, 6.07) is 25.1. The van der Waals surface area contributed by atoms with E-state index in [2.05, 4.69) is 11.1 Å². The van der Waals surface area contributed by atoms with Gasteiger partial charge in [0.2, 0.25) is 5.78 Å². The maximum absolute atomic E-state index is 12.8. The molecule has 1 aliphatic heterocycles. The molecule has 34 heavy (non-hydrogen) atoms. The molecule has 1 aromatic heterocycles. The number of aliphatic imine (C=N–C) groups is 1. The third-order valence-corrected chi connectivity index (χ3v) is 6.01. The van der Waals surface area contributed by atoms with Crippen LogP contribution in [0.4, 0.5) is 0 Å². The van der Waals surface area contributed by atoms with Gasteiger partial charge in [-0.15, -0.1) is 0 Å². The molecule has 0 aliphatic carbocycles. The summed E-state index contributed by atoms with van der Waals surface area (Å²) < 4.78 is 11.0. The molecule has 5 nitrogen and oxygen atoms in total. The molecule has 2 heterocycles. The molecule has 0 radical (unpaired) electrons. The first-order valence-electron chi connectivity index (χ1n) is 11.1. The number of Topliss-reactive ketones (excluding diaryl/α,β-unsaturated/α-hetero) is 2. The number of fused-ring (bicyclic) bond motifs is 1. The fourth-order valence-corrected chi connectivity index (χ4v) is 4.17. The van der Waals surface area contributed by atoms with E-state index in [9.17, 15) is 9.59 Å². The van der Waals surface area contributed by atoms with Gasteiger partial charge in [-0.1, -0.05) is 36.4 Å². The molecular formula is C29H23NO4. The van der Waals surface area contributed by atoms with E-state index in [0.717, 1.165) is 39.1 Å². The minimum atomic E-state index is -0.0704. The molecule has 168 valence electrons. The topological polar surface area (TPSA) is 68.9 Å². The van der Waals surface area contributed by atoms with Crippen LogP contribution in [0.3, 0.4) is 0 Å². The lowest BCUT2D eigenvalue weighted by Crippen LogP contribution is -2.08. The molecular weight excluding hydrogens is 426 g/mol. The van der Waals surface area contributed by atoms with Gasteiger partial charge in [0.15, 0.2) is 11.5 Å². The van der Waals surface area contributed by atoms with Gasteiger partial charge in [0, 0.05) is 24.5 Å². The number of hydrogen-bond acceptors (Lipinski definition) is 5. The van der Waals surface area contributed by atoms with Crippen LogP contribution in [-0.2, 0) is 17.8 Å². The van der Waals surface area contributed by atoms with E-state index < -0.39 is 0 Å². The summed E-state index contributed by atoms with van der Waals surface area (Å²) in [5.74, 6) is 1.68. The summed E-state index contributed by atoms with van der Waals surface area (Å²) in [4.78, 5) is 28.9. The van der Waals surface area contributed by atoms with Gasteiger partial charge in [0.1, 0.15) is 17.2 Å². The number of methoxy groups -OCH3 is 1. The Hall–Kier alpha value is -4.25. The van der Waals surface area contributed by atoms with Crippen molar-refractivity contribution < 1.29 is 18.7 Å². The monoisotopic (exact) mass is 449 g/mol. The normalized spacial score (nSPS) is 12.2. The van der Waals surface area contributed by atoms with E-state index in [1.807, 2.05) is 66.7 Å². The molecule has 0 fully saturated rings. The van der Waals surface area contributed by atoms with E-state index >= 15 is 0 Å². The maximum atomic E-state index is 12.8. The zero-order chi connectivity index (χ0) is 23.7. The van der Waals surface area contributed by atoms with Gasteiger partial charge < -0.3 is 9.15 Å². The number of ether oxygens (including phenoxy) is 1. The van der Waals surface area contributed by atoms with Crippen LogP contribution in [0.25, 0.3) is 22.5 Å². The van der Waals surface area contributed by atoms with Gasteiger partial charge in [-0.25, -0.2) is 0 Å². The third-order valence-electron chi connectivity index (χ3n) is 6.01. The van der Waals surface area contributed by atoms with Crippen molar-refractivity contribution in [2.24, 2.45) is 4.99 Å². The van der Waals surface area contributed by atoms with Crippen LogP contribution in [0.5, 0.6) is 5.75 Å². The van der Waals surface area contributed by atoms with E-state index in [1.165, 1.54) is 0 Å². The average Bonchev–Trinajstić information content (AvgIpc) is 3.52. The van der Waals surface area contributed by atoms with Crippen molar-refractivity contribution in [3.05, 3.63) is 101 Å². The highest BCUT2D eigenvalue weighted by atomic mass is 16.5. The van der Waals surface area contributed by atoms with Crippen LogP contribution < -0.4 is 4.74 Å². The molecule has 4 aromatic rings. The molecule has 5 heteroatoms. The molecule has 0 amide bonds. The second kappa shape index (κ2) is 8.94. The molecule has 0 saturated heterocycles. The number of carbonyl (C=O) groups is 2. The predicted molar refractivity (Wildman–Crippen MR) is 132 cm³/mol. The van der Waals surface area contributed by atoms with Crippen molar-refractivity contribution in [1.82, 2.24) is 0 Å². The fourth-order valence-electron chi connectivity index (χ4n) is 4.17. The molecule has 0 unspecified atom stereocenters. The summed E-state index contributed by atoms with van der Waals surface area (Å²) in [5, 5.41) is 0. The number of carbonyl (C=O) groups excluding carboxylic acids is 2. The van der Waals surface area contributed by atoms with Crippen LogP contribution in [0.15, 0.2) is 88.3 Å². The van der Waals surface area contributed by atoms with E-state index in [1.54, 1.807) is 20.1 Å². The number of furan rings is 1. The van der Waals surface area contributed by atoms with Crippen molar-refractivity contribution in [3.8, 4) is 28.2 Å². The minimum Gasteiger partial charge on any atom is -0.497 e. The summed E-state index contributed by atoms with van der Waals surface area (Å²) in [7, 11) is 1.62. The summed E-state index contributed by atoms with van der Waals surface area (Å²) in [6.07, 6.45) is 0.260. The number of benzene rings is 3. The zero-order valence-corrected chi connectivity index (χ0v) is 19.0. The standard InChI is InChI=1S/C29H23NO4/c1-18(31)29-25-12-9-22(16-23(25)17-30-29)20-5-3-19(4-6-20)15-26(32)28-14-13-27(34-28)21-7-10-24(33-2)11-8-21/h3-14,16H,15,17H2,1-2H3. The average molecular weight is 450 g/mol. The highest BCUT2D eigenvalue weighted by molar-refractivity contribution is 6.46. The van der Waals surface area contributed by atoms with Crippen molar-refractivity contribution in [1.29, 1.82) is 0 Å². The van der Waals surface area contributed by atoms with Crippen molar-refractivity contribution in [3.63, 3.8) is 0 Å². The SMILES string of the molecule is COc1ccc(-c2ccc(C(=O)Cc3ccc(-c4ccc5c(c4)CN=C5C(C)=O)cc3)o2)cc1. The third kappa shape index (κ3) is 4.20. The molecule has 3 aromatic carbocycles. The lowest BCUT2D eigenvalue weighted by Gasteiger charge is -2.07. The first-order valence-corrected chi connectivity index (χ1v) is 11.1. The molecule has 0 spiro atoms.